The van der Waals surface area contributed by atoms with Crippen LogP contribution in [0.2, 0.25) is 0 Å². The SMILES string of the molecule is CC(C)C(=O)Nc1ccc(NC(=O)C2=COCCO2)cc1. The van der Waals surface area contributed by atoms with Crippen LogP contribution in [0.4, 0.5) is 11.4 Å². The number of ether oxygens (including phenoxy) is 2. The molecule has 1 aromatic carbocycles. The van der Waals surface area contributed by atoms with Gasteiger partial charge in [0.2, 0.25) is 11.7 Å². The first kappa shape index (κ1) is 14.9. The molecule has 0 atom stereocenters. The summed E-state index contributed by atoms with van der Waals surface area (Å²) in [6.45, 7) is 4.45. The number of benzene rings is 1. The zero-order valence-electron chi connectivity index (χ0n) is 12.0. The Morgan fingerprint density at radius 1 is 1.05 bits per heavy atom. The highest BCUT2D eigenvalue weighted by atomic mass is 16.6. The molecule has 21 heavy (non-hydrogen) atoms. The number of carbonyl (C=O) groups excluding carboxylic acids is 2. The monoisotopic (exact) mass is 290 g/mol. The van der Waals surface area contributed by atoms with Gasteiger partial charge in [0.25, 0.3) is 5.91 Å². The lowest BCUT2D eigenvalue weighted by molar-refractivity contribution is -0.119. The molecule has 0 aromatic heterocycles. The molecular weight excluding hydrogens is 272 g/mol. The number of amides is 2. The highest BCUT2D eigenvalue weighted by molar-refractivity contribution is 6.02. The minimum absolute atomic E-state index is 0.0512. The van der Waals surface area contributed by atoms with Crippen LogP contribution in [0, 0.1) is 5.92 Å². The van der Waals surface area contributed by atoms with Gasteiger partial charge in [0, 0.05) is 17.3 Å². The molecule has 0 fully saturated rings. The molecule has 1 heterocycles. The minimum Gasteiger partial charge on any atom is -0.494 e. The number of carbonyl (C=O) groups is 2. The van der Waals surface area contributed by atoms with Crippen LogP contribution >= 0.6 is 0 Å². The number of hydrogen-bond acceptors (Lipinski definition) is 4. The molecule has 0 bridgehead atoms. The molecule has 2 amide bonds. The fourth-order valence-electron chi connectivity index (χ4n) is 1.60. The lowest BCUT2D eigenvalue weighted by Crippen LogP contribution is -2.21. The van der Waals surface area contributed by atoms with Gasteiger partial charge in [0.05, 0.1) is 0 Å². The van der Waals surface area contributed by atoms with E-state index in [2.05, 4.69) is 10.6 Å². The molecule has 1 aliphatic rings. The van der Waals surface area contributed by atoms with Crippen molar-refractivity contribution in [2.45, 2.75) is 13.8 Å². The summed E-state index contributed by atoms with van der Waals surface area (Å²) < 4.78 is 10.2. The van der Waals surface area contributed by atoms with Crippen molar-refractivity contribution in [2.24, 2.45) is 5.92 Å². The van der Waals surface area contributed by atoms with Gasteiger partial charge < -0.3 is 20.1 Å². The number of nitrogens with one attached hydrogen (secondary N) is 2. The molecule has 0 aliphatic carbocycles. The Morgan fingerprint density at radius 3 is 2.19 bits per heavy atom. The Kier molecular flexibility index (Phi) is 4.81. The van der Waals surface area contributed by atoms with Crippen molar-refractivity contribution in [1.82, 2.24) is 0 Å². The summed E-state index contributed by atoms with van der Waals surface area (Å²) in [4.78, 5) is 23.4. The maximum Gasteiger partial charge on any atom is 0.294 e. The van der Waals surface area contributed by atoms with E-state index in [1.54, 1.807) is 24.3 Å². The van der Waals surface area contributed by atoms with Gasteiger partial charge in [-0.1, -0.05) is 13.8 Å². The van der Waals surface area contributed by atoms with Gasteiger partial charge in [-0.05, 0) is 24.3 Å². The predicted octanol–water partition coefficient (Wildman–Crippen LogP) is 2.11. The first-order chi connectivity index (χ1) is 10.1. The standard InChI is InChI=1S/C15H18N2O4/c1-10(2)14(18)16-11-3-5-12(6-4-11)17-15(19)13-9-20-7-8-21-13/h3-6,9-10H,7-8H2,1-2H3,(H,16,18)(H,17,19). The van der Waals surface area contributed by atoms with E-state index in [4.69, 9.17) is 9.47 Å². The van der Waals surface area contributed by atoms with E-state index in [-0.39, 0.29) is 23.5 Å². The quantitative estimate of drug-likeness (QED) is 0.890. The normalized spacial score (nSPS) is 13.8. The maximum atomic E-state index is 11.9. The van der Waals surface area contributed by atoms with Crippen LogP contribution < -0.4 is 10.6 Å². The van der Waals surface area contributed by atoms with Crippen molar-refractivity contribution in [3.63, 3.8) is 0 Å². The second-order valence-electron chi connectivity index (χ2n) is 4.88. The fraction of sp³-hybridized carbons (Fsp3) is 0.333. The topological polar surface area (TPSA) is 76.7 Å². The van der Waals surface area contributed by atoms with Crippen LogP contribution in [0.1, 0.15) is 13.8 Å². The van der Waals surface area contributed by atoms with Crippen molar-refractivity contribution in [1.29, 1.82) is 0 Å². The predicted molar refractivity (Wildman–Crippen MR) is 78.5 cm³/mol. The highest BCUT2D eigenvalue weighted by Crippen LogP contribution is 2.16. The molecule has 6 heteroatoms. The molecule has 2 rings (SSSR count). The van der Waals surface area contributed by atoms with Crippen LogP contribution in [0.25, 0.3) is 0 Å². The van der Waals surface area contributed by atoms with Crippen molar-refractivity contribution < 1.29 is 19.1 Å². The molecule has 0 saturated carbocycles. The summed E-state index contributed by atoms with van der Waals surface area (Å²) in [5.74, 6) is -0.350. The average Bonchev–Trinajstić information content (AvgIpc) is 2.50. The third-order valence-corrected chi connectivity index (χ3v) is 2.81. The van der Waals surface area contributed by atoms with Gasteiger partial charge in [-0.2, -0.15) is 0 Å². The molecule has 112 valence electrons. The molecule has 6 nitrogen and oxygen atoms in total. The van der Waals surface area contributed by atoms with E-state index < -0.39 is 0 Å². The largest absolute Gasteiger partial charge is 0.494 e. The van der Waals surface area contributed by atoms with Crippen molar-refractivity contribution in [3.05, 3.63) is 36.3 Å². The van der Waals surface area contributed by atoms with Gasteiger partial charge in [-0.15, -0.1) is 0 Å². The summed E-state index contributed by atoms with van der Waals surface area (Å²) in [6, 6.07) is 6.86. The van der Waals surface area contributed by atoms with Gasteiger partial charge in [-0.25, -0.2) is 0 Å². The third-order valence-electron chi connectivity index (χ3n) is 2.81. The van der Waals surface area contributed by atoms with Gasteiger partial charge in [0.1, 0.15) is 19.5 Å². The van der Waals surface area contributed by atoms with E-state index in [1.807, 2.05) is 13.8 Å². The minimum atomic E-state index is -0.367. The van der Waals surface area contributed by atoms with Gasteiger partial charge >= 0.3 is 0 Å². The number of rotatable bonds is 4. The Labute approximate surface area is 123 Å². The summed E-state index contributed by atoms with van der Waals surface area (Å²) in [7, 11) is 0. The van der Waals surface area contributed by atoms with Crippen LogP contribution in [0.3, 0.4) is 0 Å². The van der Waals surface area contributed by atoms with E-state index >= 15 is 0 Å². The van der Waals surface area contributed by atoms with E-state index in [0.717, 1.165) is 0 Å². The second kappa shape index (κ2) is 6.78. The third kappa shape index (κ3) is 4.24. The fourth-order valence-corrected chi connectivity index (χ4v) is 1.60. The molecule has 0 saturated heterocycles. The van der Waals surface area contributed by atoms with E-state index in [1.165, 1.54) is 6.26 Å². The summed E-state index contributed by atoms with van der Waals surface area (Å²) >= 11 is 0. The maximum absolute atomic E-state index is 11.9. The Balaban J connectivity index is 1.94. The Bertz CT molecular complexity index is 549. The van der Waals surface area contributed by atoms with E-state index in [0.29, 0.717) is 24.6 Å². The van der Waals surface area contributed by atoms with Crippen molar-refractivity contribution >= 4 is 23.2 Å². The molecule has 0 spiro atoms. The number of anilines is 2. The highest BCUT2D eigenvalue weighted by Gasteiger charge is 2.15. The van der Waals surface area contributed by atoms with Crippen LogP contribution in [0.15, 0.2) is 36.3 Å². The molecule has 0 unspecified atom stereocenters. The molecule has 1 aliphatic heterocycles. The first-order valence-corrected chi connectivity index (χ1v) is 6.73. The Hall–Kier alpha value is -2.50. The Morgan fingerprint density at radius 2 is 1.67 bits per heavy atom. The van der Waals surface area contributed by atoms with Crippen LogP contribution in [0.5, 0.6) is 0 Å². The molecule has 1 aromatic rings. The lowest BCUT2D eigenvalue weighted by atomic mass is 10.2. The molecule has 0 radical (unpaired) electrons. The summed E-state index contributed by atoms with van der Waals surface area (Å²) in [5.41, 5.74) is 1.29. The van der Waals surface area contributed by atoms with Crippen LogP contribution in [-0.2, 0) is 19.1 Å². The van der Waals surface area contributed by atoms with E-state index in [9.17, 15) is 9.59 Å². The summed E-state index contributed by atoms with van der Waals surface area (Å²) in [5, 5.41) is 5.47. The zero-order valence-corrected chi connectivity index (χ0v) is 12.0. The van der Waals surface area contributed by atoms with Gasteiger partial charge in [0.15, 0.2) is 0 Å². The number of hydrogen-bond donors (Lipinski definition) is 2. The van der Waals surface area contributed by atoms with Crippen molar-refractivity contribution in [2.75, 3.05) is 23.8 Å². The average molecular weight is 290 g/mol. The zero-order chi connectivity index (χ0) is 15.2. The second-order valence-corrected chi connectivity index (χ2v) is 4.88. The molecule has 2 N–H and O–H groups in total. The van der Waals surface area contributed by atoms with Crippen LogP contribution in [-0.4, -0.2) is 25.0 Å². The first-order valence-electron chi connectivity index (χ1n) is 6.73. The smallest absolute Gasteiger partial charge is 0.294 e. The van der Waals surface area contributed by atoms with Gasteiger partial charge in [-0.3, -0.25) is 9.59 Å². The summed E-state index contributed by atoms with van der Waals surface area (Å²) in [6.07, 6.45) is 1.30. The molecular formula is C15H18N2O4. The lowest BCUT2D eigenvalue weighted by Gasteiger charge is -2.15. The van der Waals surface area contributed by atoms with Crippen molar-refractivity contribution in [3.8, 4) is 0 Å².